The van der Waals surface area contributed by atoms with Gasteiger partial charge in [0.2, 0.25) is 0 Å². The number of benzene rings is 1. The number of hydrogen-bond donors (Lipinski definition) is 1. The highest BCUT2D eigenvalue weighted by molar-refractivity contribution is 5.56. The van der Waals surface area contributed by atoms with Gasteiger partial charge in [-0.2, -0.15) is 5.10 Å². The van der Waals surface area contributed by atoms with Crippen LogP contribution in [-0.4, -0.2) is 21.5 Å². The molecule has 3 rings (SSSR count). The van der Waals surface area contributed by atoms with Crippen molar-refractivity contribution in [2.45, 2.75) is 31.8 Å². The maximum absolute atomic E-state index is 13.3. The fourth-order valence-electron chi connectivity index (χ4n) is 2.62. The molecule has 25 heavy (non-hydrogen) atoms. The van der Waals surface area contributed by atoms with Gasteiger partial charge in [0.25, 0.3) is 0 Å². The first-order valence-corrected chi connectivity index (χ1v) is 7.62. The van der Waals surface area contributed by atoms with Gasteiger partial charge in [-0.25, -0.2) is 9.37 Å². The lowest BCUT2D eigenvalue weighted by molar-refractivity contribution is -0.307. The lowest BCUT2D eigenvalue weighted by Crippen LogP contribution is -2.18. The minimum atomic E-state index is -4.75. The number of ether oxygens (including phenoxy) is 1. The molecule has 1 aliphatic rings. The van der Waals surface area contributed by atoms with E-state index in [9.17, 15) is 17.6 Å². The summed E-state index contributed by atoms with van der Waals surface area (Å²) < 4.78 is 55.2. The molecule has 2 aromatic rings. The first-order chi connectivity index (χ1) is 11.8. The molecular weight excluding hydrogens is 338 g/mol. The van der Waals surface area contributed by atoms with Crippen LogP contribution < -0.4 is 0 Å². The van der Waals surface area contributed by atoms with E-state index < -0.39 is 18.5 Å². The largest absolute Gasteiger partial charge is 0.572 e. The molecule has 0 bridgehead atoms. The highest BCUT2D eigenvalue weighted by atomic mass is 19.4. The van der Waals surface area contributed by atoms with E-state index in [0.29, 0.717) is 17.5 Å². The zero-order valence-corrected chi connectivity index (χ0v) is 13.2. The molecule has 0 spiro atoms. The van der Waals surface area contributed by atoms with Crippen LogP contribution in [0.2, 0.25) is 0 Å². The highest BCUT2D eigenvalue weighted by Crippen LogP contribution is 2.36. The van der Waals surface area contributed by atoms with Gasteiger partial charge in [0.1, 0.15) is 5.76 Å². The zero-order valence-electron chi connectivity index (χ0n) is 13.2. The molecule has 1 aromatic heterocycles. The van der Waals surface area contributed by atoms with Crippen LogP contribution in [0.1, 0.15) is 36.8 Å². The van der Waals surface area contributed by atoms with Crippen LogP contribution in [0.4, 0.5) is 17.6 Å². The Kier molecular flexibility index (Phi) is 4.61. The fraction of sp³-hybridized carbons (Fsp3) is 0.294. The normalized spacial score (nSPS) is 18.8. The molecule has 1 N–H and O–H groups in total. The van der Waals surface area contributed by atoms with Crippen LogP contribution in [0.3, 0.4) is 0 Å². The summed E-state index contributed by atoms with van der Waals surface area (Å²) in [7, 11) is 0. The van der Waals surface area contributed by atoms with Gasteiger partial charge < -0.3 is 4.74 Å². The van der Waals surface area contributed by atoms with Gasteiger partial charge in [-0.15, -0.1) is 13.2 Å². The number of H-pyrrole nitrogens is 1. The Morgan fingerprint density at radius 1 is 1.32 bits per heavy atom. The van der Waals surface area contributed by atoms with Crippen molar-refractivity contribution in [3.63, 3.8) is 0 Å². The third kappa shape index (κ3) is 4.07. The number of halogens is 4. The Morgan fingerprint density at radius 3 is 2.80 bits per heavy atom. The van der Waals surface area contributed by atoms with E-state index in [2.05, 4.69) is 19.9 Å². The monoisotopic (exact) mass is 353 g/mol. The molecule has 8 heteroatoms. The van der Waals surface area contributed by atoms with Crippen LogP contribution in [0.5, 0.6) is 0 Å². The van der Waals surface area contributed by atoms with Crippen molar-refractivity contribution in [3.8, 4) is 11.4 Å². The number of nitrogens with one attached hydrogen (secondary N) is 1. The predicted octanol–water partition coefficient (Wildman–Crippen LogP) is 4.97. The number of rotatable bonds is 4. The van der Waals surface area contributed by atoms with Gasteiger partial charge in [-0.3, -0.25) is 5.10 Å². The van der Waals surface area contributed by atoms with Crippen molar-refractivity contribution in [1.29, 1.82) is 0 Å². The predicted molar refractivity (Wildman–Crippen MR) is 83.1 cm³/mol. The smallest absolute Gasteiger partial charge is 0.410 e. The molecule has 0 radical (unpaired) electrons. The Bertz CT molecular complexity index is 808. The number of aromatic nitrogens is 3. The summed E-state index contributed by atoms with van der Waals surface area (Å²) in [5.41, 5.74) is 1.22. The number of hydrogen-bond acceptors (Lipinski definition) is 3. The summed E-state index contributed by atoms with van der Waals surface area (Å²) in [4.78, 5) is 4.06. The summed E-state index contributed by atoms with van der Waals surface area (Å²) in [6, 6.07) is 6.81. The van der Waals surface area contributed by atoms with Crippen LogP contribution in [-0.2, 0) is 4.74 Å². The number of aromatic amines is 1. The first-order valence-electron chi connectivity index (χ1n) is 7.62. The maximum atomic E-state index is 13.3. The van der Waals surface area contributed by atoms with Gasteiger partial charge in [0.05, 0.1) is 0 Å². The topological polar surface area (TPSA) is 50.8 Å². The Morgan fingerprint density at radius 2 is 2.12 bits per heavy atom. The molecule has 132 valence electrons. The van der Waals surface area contributed by atoms with Gasteiger partial charge >= 0.3 is 6.36 Å². The van der Waals surface area contributed by atoms with Crippen molar-refractivity contribution in [2.24, 2.45) is 0 Å². The van der Waals surface area contributed by atoms with Crippen molar-refractivity contribution < 1.29 is 22.3 Å². The summed E-state index contributed by atoms with van der Waals surface area (Å²) in [5.74, 6) is -0.345. The Balaban J connectivity index is 1.90. The minimum absolute atomic E-state index is 0.0991. The average molecular weight is 353 g/mol. The summed E-state index contributed by atoms with van der Waals surface area (Å²) in [5, 5.41) is 6.47. The Labute approximate surface area is 141 Å². The van der Waals surface area contributed by atoms with Crippen LogP contribution in [0.25, 0.3) is 11.4 Å². The fourth-order valence-corrected chi connectivity index (χ4v) is 2.62. The molecule has 0 amide bonds. The molecule has 2 atom stereocenters. The second-order valence-corrected chi connectivity index (χ2v) is 5.62. The van der Waals surface area contributed by atoms with Crippen LogP contribution in [0.15, 0.2) is 48.3 Å². The molecule has 0 fully saturated rings. The number of alkyl halides is 4. The van der Waals surface area contributed by atoms with Gasteiger partial charge in [-0.05, 0) is 31.1 Å². The van der Waals surface area contributed by atoms with Gasteiger partial charge in [-0.1, -0.05) is 30.4 Å². The molecule has 1 heterocycles. The van der Waals surface area contributed by atoms with E-state index >= 15 is 0 Å². The van der Waals surface area contributed by atoms with E-state index in [1.807, 2.05) is 0 Å². The van der Waals surface area contributed by atoms with Crippen molar-refractivity contribution in [3.05, 3.63) is 59.6 Å². The van der Waals surface area contributed by atoms with E-state index in [1.165, 1.54) is 19.1 Å². The molecule has 0 saturated carbocycles. The molecule has 0 saturated heterocycles. The summed E-state index contributed by atoms with van der Waals surface area (Å²) in [6.45, 7) is 1.33. The maximum Gasteiger partial charge on any atom is 0.572 e. The molecule has 0 aliphatic heterocycles. The zero-order chi connectivity index (χ0) is 18.0. The average Bonchev–Trinajstić information content (AvgIpc) is 3.04. The molecule has 1 aromatic carbocycles. The lowest BCUT2D eigenvalue weighted by atomic mass is 9.89. The van der Waals surface area contributed by atoms with Crippen molar-refractivity contribution in [1.82, 2.24) is 15.2 Å². The van der Waals surface area contributed by atoms with E-state index in [0.717, 1.165) is 0 Å². The molecular formula is C17H15F4N3O. The quantitative estimate of drug-likeness (QED) is 0.790. The van der Waals surface area contributed by atoms with Crippen LogP contribution >= 0.6 is 0 Å². The van der Waals surface area contributed by atoms with E-state index in [4.69, 9.17) is 0 Å². The third-order valence-corrected chi connectivity index (χ3v) is 3.77. The summed E-state index contributed by atoms with van der Waals surface area (Å²) >= 11 is 0. The standard InChI is InChI=1S/C17H15F4N3O/c1-10(18)15-22-16(24-23-15)12-6-4-5-11(9-12)13-7-2-3-8-14(13)25-17(19,20)21/h2-6,8-10,13H,7H2,1H3,(H,22,23,24). The molecule has 2 unspecified atom stereocenters. The second kappa shape index (κ2) is 6.70. The van der Waals surface area contributed by atoms with Crippen molar-refractivity contribution >= 4 is 0 Å². The van der Waals surface area contributed by atoms with Crippen molar-refractivity contribution in [2.75, 3.05) is 0 Å². The number of nitrogens with zero attached hydrogens (tertiary/aromatic N) is 2. The van der Waals surface area contributed by atoms with E-state index in [-0.39, 0.29) is 17.4 Å². The third-order valence-electron chi connectivity index (χ3n) is 3.77. The lowest BCUT2D eigenvalue weighted by Gasteiger charge is -2.23. The SMILES string of the molecule is CC(F)c1nc(-c2cccc(C3CC=CC=C3OC(F)(F)F)c2)n[nH]1. The number of allylic oxidation sites excluding steroid dienone is 4. The minimum Gasteiger partial charge on any atom is -0.410 e. The van der Waals surface area contributed by atoms with Gasteiger partial charge in [0, 0.05) is 11.5 Å². The highest BCUT2D eigenvalue weighted by Gasteiger charge is 2.35. The second-order valence-electron chi connectivity index (χ2n) is 5.62. The molecule has 1 aliphatic carbocycles. The summed E-state index contributed by atoms with van der Waals surface area (Å²) in [6.07, 6.45) is -1.04. The first kappa shape index (κ1) is 17.2. The van der Waals surface area contributed by atoms with E-state index in [1.54, 1.807) is 30.3 Å². The van der Waals surface area contributed by atoms with Crippen LogP contribution in [0, 0.1) is 0 Å². The molecule has 4 nitrogen and oxygen atoms in total. The Hall–Kier alpha value is -2.64. The van der Waals surface area contributed by atoms with Gasteiger partial charge in [0.15, 0.2) is 17.8 Å².